The van der Waals surface area contributed by atoms with Crippen LogP contribution in [0.5, 0.6) is 0 Å². The maximum absolute atomic E-state index is 12.8. The van der Waals surface area contributed by atoms with Gasteiger partial charge in [0.1, 0.15) is 5.57 Å². The number of ether oxygens (including phenoxy) is 1. The lowest BCUT2D eigenvalue weighted by molar-refractivity contribution is -0.138. The van der Waals surface area contributed by atoms with Gasteiger partial charge in [-0.3, -0.25) is 4.79 Å². The lowest BCUT2D eigenvalue weighted by Crippen LogP contribution is -2.18. The van der Waals surface area contributed by atoms with Gasteiger partial charge in [0.2, 0.25) is 5.78 Å². The summed E-state index contributed by atoms with van der Waals surface area (Å²) in [5.41, 5.74) is 2.12. The molecule has 0 aromatic heterocycles. The van der Waals surface area contributed by atoms with Crippen molar-refractivity contribution in [1.29, 1.82) is 0 Å². The summed E-state index contributed by atoms with van der Waals surface area (Å²) < 4.78 is 5.01. The van der Waals surface area contributed by atoms with E-state index in [4.69, 9.17) is 16.3 Å². The summed E-state index contributed by atoms with van der Waals surface area (Å²) in [5, 5.41) is 3.28. The highest BCUT2D eigenvalue weighted by atomic mass is 35.5. The monoisotopic (exact) mass is 371 g/mol. The number of nitrogens with one attached hydrogen (secondary N) is 1. The number of Topliss-reactive ketones (excluding diaryl/α,β-unsaturated/α-hetero) is 1. The minimum atomic E-state index is -0.691. The molecule has 4 nitrogen and oxygen atoms in total. The number of halogens is 1. The molecule has 2 aromatic rings. The third kappa shape index (κ3) is 4.96. The van der Waals surface area contributed by atoms with E-state index in [2.05, 4.69) is 19.2 Å². The fraction of sp³-hybridized carbons (Fsp3) is 0.238. The Labute approximate surface area is 158 Å². The first-order valence-electron chi connectivity index (χ1n) is 8.47. The van der Waals surface area contributed by atoms with E-state index in [1.54, 1.807) is 31.2 Å². The van der Waals surface area contributed by atoms with Crippen molar-refractivity contribution in [1.82, 2.24) is 0 Å². The van der Waals surface area contributed by atoms with Crippen molar-refractivity contribution in [2.45, 2.75) is 26.7 Å². The highest BCUT2D eigenvalue weighted by Crippen LogP contribution is 2.21. The third-order valence-electron chi connectivity index (χ3n) is 3.82. The van der Waals surface area contributed by atoms with Gasteiger partial charge in [0.15, 0.2) is 0 Å². The van der Waals surface area contributed by atoms with Crippen LogP contribution in [0.4, 0.5) is 5.69 Å². The van der Waals surface area contributed by atoms with Gasteiger partial charge in [-0.15, -0.1) is 0 Å². The molecular weight excluding hydrogens is 350 g/mol. The number of ketones is 1. The zero-order valence-electron chi connectivity index (χ0n) is 15.1. The van der Waals surface area contributed by atoms with Gasteiger partial charge in [-0.25, -0.2) is 4.79 Å². The van der Waals surface area contributed by atoms with Crippen LogP contribution in [-0.2, 0) is 9.53 Å². The van der Waals surface area contributed by atoms with E-state index in [0.717, 1.165) is 5.69 Å². The summed E-state index contributed by atoms with van der Waals surface area (Å²) in [6, 6.07) is 14.4. The normalized spacial score (nSPS) is 11.3. The Bertz CT molecular complexity index is 810. The summed E-state index contributed by atoms with van der Waals surface area (Å²) in [6.07, 6.45) is 1.37. The number of hydrogen-bond acceptors (Lipinski definition) is 4. The van der Waals surface area contributed by atoms with Crippen LogP contribution < -0.4 is 5.32 Å². The lowest BCUT2D eigenvalue weighted by atomic mass is 10.0. The molecule has 0 fully saturated rings. The second-order valence-corrected chi connectivity index (χ2v) is 6.42. The maximum atomic E-state index is 12.8. The van der Waals surface area contributed by atoms with Gasteiger partial charge in [0.25, 0.3) is 0 Å². The molecule has 0 unspecified atom stereocenters. The summed E-state index contributed by atoms with van der Waals surface area (Å²) in [6.45, 7) is 6.09. The van der Waals surface area contributed by atoms with Gasteiger partial charge >= 0.3 is 5.97 Å². The number of anilines is 1. The molecule has 0 bridgehead atoms. The summed E-state index contributed by atoms with van der Waals surface area (Å²) in [4.78, 5) is 25.0. The van der Waals surface area contributed by atoms with Crippen LogP contribution in [0.1, 0.15) is 42.6 Å². The molecule has 0 spiro atoms. The Morgan fingerprint density at radius 2 is 1.77 bits per heavy atom. The fourth-order valence-corrected chi connectivity index (χ4v) is 2.56. The molecular formula is C21H22ClNO3. The Kier molecular flexibility index (Phi) is 6.98. The molecule has 0 aliphatic carbocycles. The minimum Gasteiger partial charge on any atom is -0.462 e. The zero-order chi connectivity index (χ0) is 19.1. The standard InChI is InChI=1S/C21H22ClNO3/c1-4-26-21(25)18(20(24)17-7-5-6-8-19(17)22)13-23-16-11-9-15(10-12-16)14(2)3/h5-14,23H,4H2,1-3H3/b18-13+. The molecule has 0 aliphatic heterocycles. The first-order chi connectivity index (χ1) is 12.4. The maximum Gasteiger partial charge on any atom is 0.343 e. The Balaban J connectivity index is 2.29. The van der Waals surface area contributed by atoms with Crippen molar-refractivity contribution in [2.24, 2.45) is 0 Å². The van der Waals surface area contributed by atoms with Gasteiger partial charge in [-0.2, -0.15) is 0 Å². The number of esters is 1. The van der Waals surface area contributed by atoms with Gasteiger partial charge in [0, 0.05) is 17.5 Å². The number of hydrogen-bond donors (Lipinski definition) is 1. The van der Waals surface area contributed by atoms with Crippen LogP contribution in [0.3, 0.4) is 0 Å². The molecule has 0 saturated carbocycles. The van der Waals surface area contributed by atoms with Gasteiger partial charge in [-0.1, -0.05) is 49.7 Å². The highest BCUT2D eigenvalue weighted by molar-refractivity contribution is 6.36. The smallest absolute Gasteiger partial charge is 0.343 e. The molecule has 26 heavy (non-hydrogen) atoms. The minimum absolute atomic E-state index is 0.104. The average Bonchev–Trinajstić information content (AvgIpc) is 2.62. The van der Waals surface area contributed by atoms with Crippen molar-refractivity contribution in [3.63, 3.8) is 0 Å². The quantitative estimate of drug-likeness (QED) is 0.239. The summed E-state index contributed by atoms with van der Waals surface area (Å²) >= 11 is 6.09. The molecule has 136 valence electrons. The van der Waals surface area contributed by atoms with E-state index < -0.39 is 11.8 Å². The van der Waals surface area contributed by atoms with E-state index in [1.165, 1.54) is 11.8 Å². The van der Waals surface area contributed by atoms with E-state index in [0.29, 0.717) is 5.92 Å². The molecule has 0 amide bonds. The molecule has 0 aliphatic rings. The fourth-order valence-electron chi connectivity index (χ4n) is 2.34. The highest BCUT2D eigenvalue weighted by Gasteiger charge is 2.23. The molecule has 1 N–H and O–H groups in total. The largest absolute Gasteiger partial charge is 0.462 e. The van der Waals surface area contributed by atoms with Crippen LogP contribution in [0.15, 0.2) is 60.3 Å². The molecule has 2 aromatic carbocycles. The topological polar surface area (TPSA) is 55.4 Å². The van der Waals surface area contributed by atoms with E-state index >= 15 is 0 Å². The van der Waals surface area contributed by atoms with Crippen LogP contribution in [0.25, 0.3) is 0 Å². The SMILES string of the molecule is CCOC(=O)/C(=C/Nc1ccc(C(C)C)cc1)C(=O)c1ccccc1Cl. The van der Waals surface area contributed by atoms with E-state index in [1.807, 2.05) is 24.3 Å². The Morgan fingerprint density at radius 3 is 2.35 bits per heavy atom. The molecule has 2 rings (SSSR count). The Morgan fingerprint density at radius 1 is 1.12 bits per heavy atom. The van der Waals surface area contributed by atoms with E-state index in [9.17, 15) is 9.59 Å². The Hall–Kier alpha value is -2.59. The number of carbonyl (C=O) groups is 2. The van der Waals surface area contributed by atoms with Crippen LogP contribution in [-0.4, -0.2) is 18.4 Å². The number of rotatable bonds is 7. The molecule has 0 atom stereocenters. The second kappa shape index (κ2) is 9.20. The van der Waals surface area contributed by atoms with Gasteiger partial charge in [0.05, 0.1) is 11.6 Å². The average molecular weight is 372 g/mol. The number of benzene rings is 2. The van der Waals surface area contributed by atoms with Crippen molar-refractivity contribution < 1.29 is 14.3 Å². The van der Waals surface area contributed by atoms with Gasteiger partial charge in [-0.05, 0) is 42.7 Å². The first-order valence-corrected chi connectivity index (χ1v) is 8.84. The van der Waals surface area contributed by atoms with Crippen molar-refractivity contribution in [3.8, 4) is 0 Å². The summed E-state index contributed by atoms with van der Waals surface area (Å²) in [5.74, 6) is -0.749. The second-order valence-electron chi connectivity index (χ2n) is 6.01. The molecule has 5 heteroatoms. The predicted molar refractivity (Wildman–Crippen MR) is 105 cm³/mol. The molecule has 0 heterocycles. The van der Waals surface area contributed by atoms with Crippen LogP contribution >= 0.6 is 11.6 Å². The van der Waals surface area contributed by atoms with E-state index in [-0.39, 0.29) is 22.8 Å². The predicted octanol–water partition coefficient (Wildman–Crippen LogP) is 5.21. The lowest BCUT2D eigenvalue weighted by Gasteiger charge is -2.10. The van der Waals surface area contributed by atoms with Crippen LogP contribution in [0.2, 0.25) is 5.02 Å². The van der Waals surface area contributed by atoms with Crippen molar-refractivity contribution >= 4 is 29.0 Å². The molecule has 0 radical (unpaired) electrons. The van der Waals surface area contributed by atoms with Crippen molar-refractivity contribution in [2.75, 3.05) is 11.9 Å². The number of carbonyl (C=O) groups excluding carboxylic acids is 2. The van der Waals surface area contributed by atoms with Gasteiger partial charge < -0.3 is 10.1 Å². The summed E-state index contributed by atoms with van der Waals surface area (Å²) in [7, 11) is 0. The zero-order valence-corrected chi connectivity index (χ0v) is 15.8. The van der Waals surface area contributed by atoms with Crippen LogP contribution in [0, 0.1) is 0 Å². The first kappa shape index (κ1) is 19.7. The molecule has 0 saturated heterocycles. The third-order valence-corrected chi connectivity index (χ3v) is 4.15. The van der Waals surface area contributed by atoms with Crippen molar-refractivity contribution in [3.05, 3.63) is 76.5 Å².